The van der Waals surface area contributed by atoms with Gasteiger partial charge >= 0.3 is 0 Å². The minimum atomic E-state index is -0.147. The zero-order chi connectivity index (χ0) is 13.8. The molecule has 20 heavy (non-hydrogen) atoms. The van der Waals surface area contributed by atoms with E-state index >= 15 is 0 Å². The van der Waals surface area contributed by atoms with Gasteiger partial charge in [0.2, 0.25) is 0 Å². The van der Waals surface area contributed by atoms with E-state index in [0.717, 1.165) is 22.5 Å². The zero-order valence-electron chi connectivity index (χ0n) is 11.2. The highest BCUT2D eigenvalue weighted by Gasteiger charge is 2.11. The maximum Gasteiger partial charge on any atom is 0.134 e. The van der Waals surface area contributed by atoms with Crippen molar-refractivity contribution in [2.75, 3.05) is 6.61 Å². The number of furan rings is 1. The standard InChI is InChI=1S/C17H17NO2/c18-15(10-11-19-14-7-2-1-3-8-14)17-12-13-6-4-5-9-16(13)20-17/h1-9,12,15H,10-11,18H2. The Bertz CT molecular complexity index is 643. The van der Waals surface area contributed by atoms with Crippen LogP contribution in [0.2, 0.25) is 0 Å². The fourth-order valence-corrected chi connectivity index (χ4v) is 2.15. The third kappa shape index (κ3) is 2.83. The molecule has 3 heteroatoms. The molecule has 1 atom stereocenters. The lowest BCUT2D eigenvalue weighted by atomic mass is 10.1. The number of benzene rings is 2. The second-order valence-corrected chi connectivity index (χ2v) is 4.74. The molecular weight excluding hydrogens is 250 g/mol. The molecule has 0 saturated heterocycles. The van der Waals surface area contributed by atoms with E-state index in [0.29, 0.717) is 13.0 Å². The van der Waals surface area contributed by atoms with Crippen molar-refractivity contribution in [1.82, 2.24) is 0 Å². The van der Waals surface area contributed by atoms with E-state index < -0.39 is 0 Å². The third-order valence-electron chi connectivity index (χ3n) is 3.25. The first-order valence-electron chi connectivity index (χ1n) is 6.75. The molecule has 0 aliphatic heterocycles. The van der Waals surface area contributed by atoms with Gasteiger partial charge in [0.1, 0.15) is 17.1 Å². The van der Waals surface area contributed by atoms with Crippen molar-refractivity contribution in [3.05, 3.63) is 66.4 Å². The van der Waals surface area contributed by atoms with Crippen LogP contribution in [0.25, 0.3) is 11.0 Å². The van der Waals surface area contributed by atoms with Crippen LogP contribution in [0.4, 0.5) is 0 Å². The number of rotatable bonds is 5. The predicted molar refractivity (Wildman–Crippen MR) is 79.7 cm³/mol. The number of para-hydroxylation sites is 2. The number of hydrogen-bond donors (Lipinski definition) is 1. The average Bonchev–Trinajstić information content (AvgIpc) is 2.92. The highest BCUT2D eigenvalue weighted by atomic mass is 16.5. The number of hydrogen-bond acceptors (Lipinski definition) is 3. The summed E-state index contributed by atoms with van der Waals surface area (Å²) in [6, 6.07) is 19.5. The smallest absolute Gasteiger partial charge is 0.134 e. The minimum absolute atomic E-state index is 0.147. The molecule has 3 nitrogen and oxygen atoms in total. The third-order valence-corrected chi connectivity index (χ3v) is 3.25. The van der Waals surface area contributed by atoms with Gasteiger partial charge in [-0.2, -0.15) is 0 Å². The largest absolute Gasteiger partial charge is 0.494 e. The Morgan fingerprint density at radius 3 is 2.55 bits per heavy atom. The van der Waals surface area contributed by atoms with E-state index in [1.165, 1.54) is 0 Å². The average molecular weight is 267 g/mol. The summed E-state index contributed by atoms with van der Waals surface area (Å²) in [4.78, 5) is 0. The van der Waals surface area contributed by atoms with E-state index in [2.05, 4.69) is 0 Å². The molecule has 0 radical (unpaired) electrons. The number of nitrogens with two attached hydrogens (primary N) is 1. The highest BCUT2D eigenvalue weighted by molar-refractivity contribution is 5.77. The van der Waals surface area contributed by atoms with E-state index in [9.17, 15) is 0 Å². The molecular formula is C17H17NO2. The highest BCUT2D eigenvalue weighted by Crippen LogP contribution is 2.24. The molecule has 1 unspecified atom stereocenters. The van der Waals surface area contributed by atoms with Crippen LogP contribution in [-0.4, -0.2) is 6.61 Å². The van der Waals surface area contributed by atoms with Gasteiger partial charge < -0.3 is 14.9 Å². The van der Waals surface area contributed by atoms with Crippen molar-refractivity contribution in [2.24, 2.45) is 5.73 Å². The van der Waals surface area contributed by atoms with Gasteiger partial charge in [-0.25, -0.2) is 0 Å². The molecule has 102 valence electrons. The summed E-state index contributed by atoms with van der Waals surface area (Å²) in [6.45, 7) is 0.572. The lowest BCUT2D eigenvalue weighted by molar-refractivity contribution is 0.291. The van der Waals surface area contributed by atoms with Crippen molar-refractivity contribution < 1.29 is 9.15 Å². The van der Waals surface area contributed by atoms with E-state index in [4.69, 9.17) is 14.9 Å². The number of ether oxygens (including phenoxy) is 1. The molecule has 2 aromatic carbocycles. The molecule has 1 heterocycles. The van der Waals surface area contributed by atoms with E-state index in [-0.39, 0.29) is 6.04 Å². The zero-order valence-corrected chi connectivity index (χ0v) is 11.2. The lowest BCUT2D eigenvalue weighted by Crippen LogP contribution is -2.13. The van der Waals surface area contributed by atoms with Gasteiger partial charge in [0.25, 0.3) is 0 Å². The summed E-state index contributed by atoms with van der Waals surface area (Å²) < 4.78 is 11.4. The Morgan fingerprint density at radius 1 is 1.00 bits per heavy atom. The second-order valence-electron chi connectivity index (χ2n) is 4.74. The first kappa shape index (κ1) is 12.8. The van der Waals surface area contributed by atoms with Crippen molar-refractivity contribution in [2.45, 2.75) is 12.5 Å². The molecule has 3 rings (SSSR count). The molecule has 0 aliphatic rings. The van der Waals surface area contributed by atoms with Gasteiger partial charge in [-0.3, -0.25) is 0 Å². The van der Waals surface area contributed by atoms with Gasteiger partial charge in [-0.1, -0.05) is 36.4 Å². The van der Waals surface area contributed by atoms with Crippen LogP contribution in [0.1, 0.15) is 18.2 Å². The molecule has 3 aromatic rings. The Kier molecular flexibility index (Phi) is 3.70. The molecule has 0 fully saturated rings. The van der Waals surface area contributed by atoms with Gasteiger partial charge in [0.15, 0.2) is 0 Å². The van der Waals surface area contributed by atoms with Crippen LogP contribution in [0, 0.1) is 0 Å². The minimum Gasteiger partial charge on any atom is -0.494 e. The van der Waals surface area contributed by atoms with E-state index in [1.54, 1.807) is 0 Å². The van der Waals surface area contributed by atoms with Gasteiger partial charge in [-0.05, 0) is 24.3 Å². The van der Waals surface area contributed by atoms with Gasteiger partial charge in [-0.15, -0.1) is 0 Å². The van der Waals surface area contributed by atoms with Crippen molar-refractivity contribution in [3.63, 3.8) is 0 Å². The van der Waals surface area contributed by atoms with Crippen molar-refractivity contribution >= 4 is 11.0 Å². The molecule has 1 aromatic heterocycles. The quantitative estimate of drug-likeness (QED) is 0.762. The molecule has 0 aliphatic carbocycles. The van der Waals surface area contributed by atoms with Crippen LogP contribution in [0.5, 0.6) is 5.75 Å². The Hall–Kier alpha value is -2.26. The van der Waals surface area contributed by atoms with Crippen molar-refractivity contribution in [3.8, 4) is 5.75 Å². The summed E-state index contributed by atoms with van der Waals surface area (Å²) in [7, 11) is 0. The number of fused-ring (bicyclic) bond motifs is 1. The predicted octanol–water partition coefficient (Wildman–Crippen LogP) is 3.90. The molecule has 0 bridgehead atoms. The lowest BCUT2D eigenvalue weighted by Gasteiger charge is -2.10. The SMILES string of the molecule is NC(CCOc1ccccc1)c1cc2ccccc2o1. The monoisotopic (exact) mass is 267 g/mol. The first-order valence-corrected chi connectivity index (χ1v) is 6.75. The summed E-state index contributed by atoms with van der Waals surface area (Å²) in [6.07, 6.45) is 0.717. The van der Waals surface area contributed by atoms with Crippen LogP contribution in [0.15, 0.2) is 65.1 Å². The maximum atomic E-state index is 6.15. The fraction of sp³-hybridized carbons (Fsp3) is 0.176. The molecule has 0 saturated carbocycles. The van der Waals surface area contributed by atoms with Crippen molar-refractivity contribution in [1.29, 1.82) is 0 Å². The molecule has 2 N–H and O–H groups in total. The Balaban J connectivity index is 1.60. The molecule has 0 amide bonds. The Labute approximate surface area is 118 Å². The van der Waals surface area contributed by atoms with Crippen LogP contribution < -0.4 is 10.5 Å². The summed E-state index contributed by atoms with van der Waals surface area (Å²) in [5.41, 5.74) is 7.03. The van der Waals surface area contributed by atoms with Gasteiger partial charge in [0.05, 0.1) is 12.6 Å². The summed E-state index contributed by atoms with van der Waals surface area (Å²) in [5, 5.41) is 1.09. The second kappa shape index (κ2) is 5.80. The van der Waals surface area contributed by atoms with E-state index in [1.807, 2.05) is 60.7 Å². The first-order chi connectivity index (χ1) is 9.83. The fourth-order valence-electron chi connectivity index (χ4n) is 2.15. The molecule has 0 spiro atoms. The summed E-state index contributed by atoms with van der Waals surface area (Å²) >= 11 is 0. The topological polar surface area (TPSA) is 48.4 Å². The van der Waals surface area contributed by atoms with Crippen LogP contribution in [-0.2, 0) is 0 Å². The Morgan fingerprint density at radius 2 is 1.75 bits per heavy atom. The summed E-state index contributed by atoms with van der Waals surface area (Å²) in [5.74, 6) is 1.67. The maximum absolute atomic E-state index is 6.15. The normalized spacial score (nSPS) is 12.4. The van der Waals surface area contributed by atoms with Crippen LogP contribution in [0.3, 0.4) is 0 Å². The van der Waals surface area contributed by atoms with Gasteiger partial charge in [0, 0.05) is 11.8 Å². The van der Waals surface area contributed by atoms with Crippen LogP contribution >= 0.6 is 0 Å².